The van der Waals surface area contributed by atoms with E-state index in [0.29, 0.717) is 0 Å². The molecular formula is C11H25Cl2N5. The summed E-state index contributed by atoms with van der Waals surface area (Å²) in [4.78, 5) is 4.16. The minimum Gasteiger partial charge on any atom is -0.396 e. The van der Waals surface area contributed by atoms with Crippen molar-refractivity contribution in [1.82, 2.24) is 19.6 Å². The van der Waals surface area contributed by atoms with Gasteiger partial charge < -0.3 is 15.5 Å². The molecule has 0 atom stereocenters. The highest BCUT2D eigenvalue weighted by atomic mass is 35.5. The fourth-order valence-electron chi connectivity index (χ4n) is 0.973. The van der Waals surface area contributed by atoms with Crippen molar-refractivity contribution >= 4 is 29.7 Å². The molecule has 0 unspecified atom stereocenters. The third-order valence-corrected chi connectivity index (χ3v) is 2.13. The minimum atomic E-state index is 0. The van der Waals surface area contributed by atoms with Crippen LogP contribution in [0, 0.1) is 0 Å². The Kier molecular flexibility index (Phi) is 12.8. The van der Waals surface area contributed by atoms with Crippen LogP contribution in [0.4, 0.5) is 5.69 Å². The van der Waals surface area contributed by atoms with E-state index in [1.807, 2.05) is 44.0 Å². The smallest absolute Gasteiger partial charge is 0.0719 e. The molecule has 0 amide bonds. The summed E-state index contributed by atoms with van der Waals surface area (Å²) in [6.45, 7) is 2.85. The second-order valence-corrected chi connectivity index (χ2v) is 4.71. The van der Waals surface area contributed by atoms with E-state index < -0.39 is 0 Å². The average molecular weight is 298 g/mol. The number of hydrogen-bond acceptors (Lipinski definition) is 4. The summed E-state index contributed by atoms with van der Waals surface area (Å²) in [6.07, 6.45) is 3.50. The normalized spacial score (nSPS) is 9.94. The molecule has 108 valence electrons. The average Bonchev–Trinajstić information content (AvgIpc) is 2.62. The molecule has 0 spiro atoms. The second kappa shape index (κ2) is 11.6. The Balaban J connectivity index is 0. The number of nitrogen functional groups attached to an aromatic ring is 1. The molecule has 7 heteroatoms. The number of likely N-dealkylation sites (N-methyl/N-ethyl adjacent to an activating group) is 1. The van der Waals surface area contributed by atoms with Gasteiger partial charge in [0.15, 0.2) is 0 Å². The zero-order valence-electron chi connectivity index (χ0n) is 11.6. The van der Waals surface area contributed by atoms with Crippen molar-refractivity contribution in [3.8, 4) is 0 Å². The molecule has 0 bridgehead atoms. The van der Waals surface area contributed by atoms with Crippen molar-refractivity contribution in [2.45, 2.75) is 6.54 Å². The van der Waals surface area contributed by atoms with Gasteiger partial charge in [-0.2, -0.15) is 5.10 Å². The number of alkyl halides is 1. The standard InChI is InChI=1S/C7H14N4.C4H10ClN.ClH/c1-10(2)3-4-11-6-7(8)5-9-11;1-6(2)4-3-5;/h5-6H,3-4,8H2,1-2H3;3-4H2,1-2H3;1H. The van der Waals surface area contributed by atoms with Crippen LogP contribution in [0.3, 0.4) is 0 Å². The van der Waals surface area contributed by atoms with E-state index in [1.54, 1.807) is 6.20 Å². The van der Waals surface area contributed by atoms with Gasteiger partial charge in [-0.3, -0.25) is 4.68 Å². The van der Waals surface area contributed by atoms with Gasteiger partial charge >= 0.3 is 0 Å². The van der Waals surface area contributed by atoms with Crippen molar-refractivity contribution in [3.63, 3.8) is 0 Å². The lowest BCUT2D eigenvalue weighted by atomic mass is 10.5. The molecule has 0 aromatic carbocycles. The topological polar surface area (TPSA) is 50.3 Å². The monoisotopic (exact) mass is 297 g/mol. The van der Waals surface area contributed by atoms with Gasteiger partial charge in [0.05, 0.1) is 18.4 Å². The molecular weight excluding hydrogens is 273 g/mol. The second-order valence-electron chi connectivity index (χ2n) is 4.33. The number of rotatable bonds is 5. The molecule has 2 N–H and O–H groups in total. The molecule has 0 saturated heterocycles. The molecule has 0 aliphatic rings. The zero-order valence-corrected chi connectivity index (χ0v) is 13.2. The van der Waals surface area contributed by atoms with Crippen LogP contribution in [0.1, 0.15) is 0 Å². The molecule has 18 heavy (non-hydrogen) atoms. The quantitative estimate of drug-likeness (QED) is 0.831. The Morgan fingerprint density at radius 1 is 1.22 bits per heavy atom. The van der Waals surface area contributed by atoms with Gasteiger partial charge in [-0.15, -0.1) is 24.0 Å². The van der Waals surface area contributed by atoms with Crippen LogP contribution in [-0.2, 0) is 6.54 Å². The minimum absolute atomic E-state index is 0. The first kappa shape index (κ1) is 19.8. The summed E-state index contributed by atoms with van der Waals surface area (Å²) in [5.41, 5.74) is 6.21. The van der Waals surface area contributed by atoms with Gasteiger partial charge in [0.25, 0.3) is 0 Å². The molecule has 5 nitrogen and oxygen atoms in total. The van der Waals surface area contributed by atoms with E-state index >= 15 is 0 Å². The maximum absolute atomic E-state index is 5.49. The predicted molar refractivity (Wildman–Crippen MR) is 81.7 cm³/mol. The maximum atomic E-state index is 5.49. The number of hydrogen-bond donors (Lipinski definition) is 1. The van der Waals surface area contributed by atoms with Gasteiger partial charge in [0.2, 0.25) is 0 Å². The van der Waals surface area contributed by atoms with Crippen molar-refractivity contribution in [1.29, 1.82) is 0 Å². The van der Waals surface area contributed by atoms with Crippen molar-refractivity contribution in [2.75, 3.05) is 52.9 Å². The summed E-state index contributed by atoms with van der Waals surface area (Å²) in [5.74, 6) is 0.729. The summed E-state index contributed by atoms with van der Waals surface area (Å²) >= 11 is 5.35. The van der Waals surface area contributed by atoms with E-state index in [4.69, 9.17) is 17.3 Å². The summed E-state index contributed by atoms with van der Waals surface area (Å²) < 4.78 is 1.84. The van der Waals surface area contributed by atoms with E-state index in [1.165, 1.54) is 0 Å². The molecule has 0 aliphatic heterocycles. The fraction of sp³-hybridized carbons (Fsp3) is 0.727. The molecule has 1 aromatic rings. The molecule has 0 fully saturated rings. The van der Waals surface area contributed by atoms with Gasteiger partial charge in [-0.1, -0.05) is 0 Å². The fourth-order valence-corrected chi connectivity index (χ4v) is 1.31. The lowest BCUT2D eigenvalue weighted by molar-refractivity contribution is 0.373. The first-order valence-electron chi connectivity index (χ1n) is 5.59. The number of anilines is 1. The highest BCUT2D eigenvalue weighted by molar-refractivity contribution is 6.18. The van der Waals surface area contributed by atoms with Gasteiger partial charge in [-0.25, -0.2) is 0 Å². The van der Waals surface area contributed by atoms with Gasteiger partial charge in [0.1, 0.15) is 0 Å². The van der Waals surface area contributed by atoms with Crippen LogP contribution in [0.15, 0.2) is 12.4 Å². The third kappa shape index (κ3) is 12.0. The number of nitrogens with zero attached hydrogens (tertiary/aromatic N) is 4. The van der Waals surface area contributed by atoms with E-state index in [2.05, 4.69) is 10.00 Å². The predicted octanol–water partition coefficient (Wildman–Crippen LogP) is 1.24. The molecule has 0 saturated carbocycles. The number of halogens is 2. The highest BCUT2D eigenvalue weighted by Gasteiger charge is 1.94. The van der Waals surface area contributed by atoms with E-state index in [0.717, 1.165) is 31.2 Å². The largest absolute Gasteiger partial charge is 0.396 e. The van der Waals surface area contributed by atoms with Crippen molar-refractivity contribution in [2.24, 2.45) is 0 Å². The van der Waals surface area contributed by atoms with Crippen LogP contribution in [0.25, 0.3) is 0 Å². The highest BCUT2D eigenvalue weighted by Crippen LogP contribution is 1.96. The first-order chi connectivity index (χ1) is 7.95. The molecule has 1 aromatic heterocycles. The lowest BCUT2D eigenvalue weighted by Crippen LogP contribution is -2.18. The van der Waals surface area contributed by atoms with Crippen LogP contribution >= 0.6 is 24.0 Å². The molecule has 0 radical (unpaired) electrons. The molecule has 0 aliphatic carbocycles. The van der Waals surface area contributed by atoms with Crippen LogP contribution in [0.2, 0.25) is 0 Å². The van der Waals surface area contributed by atoms with Crippen LogP contribution < -0.4 is 5.73 Å². The molecule has 1 heterocycles. The third-order valence-electron chi connectivity index (χ3n) is 1.96. The summed E-state index contributed by atoms with van der Waals surface area (Å²) in [7, 11) is 8.07. The zero-order chi connectivity index (χ0) is 13.3. The Morgan fingerprint density at radius 2 is 1.78 bits per heavy atom. The van der Waals surface area contributed by atoms with Crippen LogP contribution in [0.5, 0.6) is 0 Å². The summed E-state index contributed by atoms with van der Waals surface area (Å²) in [5, 5.41) is 4.05. The van der Waals surface area contributed by atoms with Crippen molar-refractivity contribution in [3.05, 3.63) is 12.4 Å². The van der Waals surface area contributed by atoms with Gasteiger partial charge in [-0.05, 0) is 28.2 Å². The van der Waals surface area contributed by atoms with E-state index in [-0.39, 0.29) is 12.4 Å². The Morgan fingerprint density at radius 3 is 2.06 bits per heavy atom. The Labute approximate surface area is 121 Å². The number of nitrogens with two attached hydrogens (primary N) is 1. The molecule has 1 rings (SSSR count). The van der Waals surface area contributed by atoms with Crippen LogP contribution in [-0.4, -0.2) is 66.7 Å². The summed E-state index contributed by atoms with van der Waals surface area (Å²) in [6, 6.07) is 0. The Hall–Kier alpha value is -0.490. The number of aromatic nitrogens is 2. The van der Waals surface area contributed by atoms with E-state index in [9.17, 15) is 0 Å². The van der Waals surface area contributed by atoms with Crippen molar-refractivity contribution < 1.29 is 0 Å². The SMILES string of the molecule is CN(C)CCCl.CN(C)CCn1cc(N)cn1.Cl. The first-order valence-corrected chi connectivity index (χ1v) is 6.12. The lowest BCUT2D eigenvalue weighted by Gasteiger charge is -2.08. The Bertz CT molecular complexity index is 289. The maximum Gasteiger partial charge on any atom is 0.0719 e. The van der Waals surface area contributed by atoms with Gasteiger partial charge in [0, 0.05) is 25.2 Å².